The zero-order valence-electron chi connectivity index (χ0n) is 11.4. The zero-order chi connectivity index (χ0) is 11.5. The monoisotopic (exact) mass is 230 g/mol. The zero-order valence-corrected chi connectivity index (χ0v) is 12.3. The molecule has 0 spiro atoms. The van der Waals surface area contributed by atoms with Gasteiger partial charge in [-0.25, -0.2) is 0 Å². The van der Waals surface area contributed by atoms with Gasteiger partial charge in [0, 0.05) is 0 Å². The van der Waals surface area contributed by atoms with Crippen LogP contribution in [0.4, 0.5) is 0 Å². The van der Waals surface area contributed by atoms with E-state index >= 15 is 0 Å². The molecule has 0 amide bonds. The van der Waals surface area contributed by atoms with Gasteiger partial charge in [0.15, 0.2) is 0 Å². The lowest BCUT2D eigenvalue weighted by molar-refractivity contribution is 0.546. The molecule has 0 bridgehead atoms. The van der Waals surface area contributed by atoms with Crippen LogP contribution >= 0.6 is 7.92 Å². The summed E-state index contributed by atoms with van der Waals surface area (Å²) in [5, 5.41) is 0. The molecule has 0 aromatic carbocycles. The normalized spacial score (nSPS) is 15.2. The first kappa shape index (κ1) is 15.4. The summed E-state index contributed by atoms with van der Waals surface area (Å²) in [7, 11) is 0.389. The van der Waals surface area contributed by atoms with E-state index in [1.165, 1.54) is 44.7 Å². The van der Waals surface area contributed by atoms with E-state index in [0.29, 0.717) is 7.92 Å². The number of unbranched alkanes of at least 4 members (excludes halogenated alkanes) is 2. The Bertz CT molecular complexity index is 123. The minimum absolute atomic E-state index is 0.389. The van der Waals surface area contributed by atoms with Crippen LogP contribution in [0.15, 0.2) is 0 Å². The van der Waals surface area contributed by atoms with E-state index in [2.05, 4.69) is 27.7 Å². The molecule has 0 saturated carbocycles. The standard InChI is InChI=1S/C14H31P/c1-5-8-9-12-15(11-6-2)13-10-14(4)7-3/h14H,5-13H2,1-4H3. The van der Waals surface area contributed by atoms with Crippen molar-refractivity contribution in [1.29, 1.82) is 0 Å². The summed E-state index contributed by atoms with van der Waals surface area (Å²) in [6.45, 7) is 9.38. The molecule has 0 aromatic heterocycles. The van der Waals surface area contributed by atoms with E-state index in [1.807, 2.05) is 0 Å². The van der Waals surface area contributed by atoms with Gasteiger partial charge in [-0.3, -0.25) is 0 Å². The van der Waals surface area contributed by atoms with E-state index in [4.69, 9.17) is 0 Å². The van der Waals surface area contributed by atoms with Crippen LogP contribution in [0.25, 0.3) is 0 Å². The maximum atomic E-state index is 2.41. The molecule has 15 heavy (non-hydrogen) atoms. The fraction of sp³-hybridized carbons (Fsp3) is 1.00. The summed E-state index contributed by atoms with van der Waals surface area (Å²) in [6, 6.07) is 0. The molecule has 0 aliphatic rings. The van der Waals surface area contributed by atoms with Crippen LogP contribution in [-0.2, 0) is 0 Å². The predicted molar refractivity (Wildman–Crippen MR) is 75.4 cm³/mol. The molecule has 0 saturated heterocycles. The second-order valence-electron chi connectivity index (χ2n) is 4.85. The number of hydrogen-bond acceptors (Lipinski definition) is 0. The smallest absolute Gasteiger partial charge is 0.0323 e. The Labute approximate surface area is 99.0 Å². The minimum atomic E-state index is 0.389. The average molecular weight is 230 g/mol. The first-order valence-electron chi connectivity index (χ1n) is 6.96. The molecule has 0 aliphatic carbocycles. The van der Waals surface area contributed by atoms with Gasteiger partial charge < -0.3 is 0 Å². The maximum Gasteiger partial charge on any atom is -0.0323 e. The van der Waals surface area contributed by atoms with Crippen molar-refractivity contribution in [1.82, 2.24) is 0 Å². The fourth-order valence-corrected chi connectivity index (χ4v) is 4.62. The lowest BCUT2D eigenvalue weighted by Crippen LogP contribution is -2.00. The molecule has 1 heteroatoms. The molecule has 92 valence electrons. The van der Waals surface area contributed by atoms with Gasteiger partial charge in [0.05, 0.1) is 0 Å². The number of hydrogen-bond donors (Lipinski definition) is 0. The highest BCUT2D eigenvalue weighted by Crippen LogP contribution is 2.39. The van der Waals surface area contributed by atoms with E-state index in [9.17, 15) is 0 Å². The summed E-state index contributed by atoms with van der Waals surface area (Å²) in [5.74, 6) is 0.957. The molecule has 0 rings (SSSR count). The van der Waals surface area contributed by atoms with Gasteiger partial charge in [-0.05, 0) is 37.2 Å². The van der Waals surface area contributed by atoms with Crippen LogP contribution in [-0.4, -0.2) is 18.5 Å². The summed E-state index contributed by atoms with van der Waals surface area (Å²) >= 11 is 0. The molecular weight excluding hydrogens is 199 g/mol. The number of rotatable bonds is 10. The molecule has 2 unspecified atom stereocenters. The molecule has 0 fully saturated rings. The average Bonchev–Trinajstić information content (AvgIpc) is 2.25. The van der Waals surface area contributed by atoms with Crippen molar-refractivity contribution >= 4 is 7.92 Å². The predicted octanol–water partition coefficient (Wildman–Crippen LogP) is 5.50. The van der Waals surface area contributed by atoms with Crippen molar-refractivity contribution in [2.24, 2.45) is 5.92 Å². The fourth-order valence-electron chi connectivity index (χ4n) is 1.84. The SMILES string of the molecule is CCCCCP(CCC)CCC(C)CC. The van der Waals surface area contributed by atoms with Crippen LogP contribution in [0.1, 0.15) is 66.2 Å². The maximum absolute atomic E-state index is 2.41. The van der Waals surface area contributed by atoms with Gasteiger partial charge >= 0.3 is 0 Å². The molecule has 0 radical (unpaired) electrons. The molecule has 2 atom stereocenters. The summed E-state index contributed by atoms with van der Waals surface area (Å²) < 4.78 is 0. The highest BCUT2D eigenvalue weighted by molar-refractivity contribution is 7.57. The lowest BCUT2D eigenvalue weighted by Gasteiger charge is -2.18. The van der Waals surface area contributed by atoms with Crippen LogP contribution in [0.5, 0.6) is 0 Å². The van der Waals surface area contributed by atoms with E-state index in [-0.39, 0.29) is 0 Å². The molecule has 0 aliphatic heterocycles. The van der Waals surface area contributed by atoms with E-state index in [1.54, 1.807) is 12.3 Å². The summed E-state index contributed by atoms with van der Waals surface area (Å²) in [5.41, 5.74) is 0. The molecule has 0 nitrogen and oxygen atoms in total. The minimum Gasteiger partial charge on any atom is -0.107 e. The molecule has 0 aromatic rings. The molecular formula is C14H31P. The van der Waals surface area contributed by atoms with Crippen molar-refractivity contribution in [3.05, 3.63) is 0 Å². The second-order valence-corrected chi connectivity index (χ2v) is 7.53. The lowest BCUT2D eigenvalue weighted by atomic mass is 10.1. The van der Waals surface area contributed by atoms with Crippen LogP contribution in [0, 0.1) is 5.92 Å². The third-order valence-corrected chi connectivity index (χ3v) is 6.17. The van der Waals surface area contributed by atoms with Gasteiger partial charge in [-0.1, -0.05) is 53.4 Å². The van der Waals surface area contributed by atoms with E-state index in [0.717, 1.165) is 5.92 Å². The third-order valence-electron chi connectivity index (χ3n) is 3.25. The van der Waals surface area contributed by atoms with Gasteiger partial charge in [-0.15, -0.1) is 7.92 Å². The Morgan fingerprint density at radius 3 is 2.13 bits per heavy atom. The largest absolute Gasteiger partial charge is 0.107 e. The topological polar surface area (TPSA) is 0 Å². The third kappa shape index (κ3) is 9.36. The highest BCUT2D eigenvalue weighted by atomic mass is 31.1. The van der Waals surface area contributed by atoms with E-state index < -0.39 is 0 Å². The summed E-state index contributed by atoms with van der Waals surface area (Å²) in [4.78, 5) is 0. The van der Waals surface area contributed by atoms with Crippen molar-refractivity contribution in [2.45, 2.75) is 66.2 Å². The van der Waals surface area contributed by atoms with Crippen LogP contribution in [0.2, 0.25) is 0 Å². The van der Waals surface area contributed by atoms with Gasteiger partial charge in [-0.2, -0.15) is 0 Å². The Morgan fingerprint density at radius 2 is 1.60 bits per heavy atom. The Hall–Kier alpha value is 0.430. The van der Waals surface area contributed by atoms with Gasteiger partial charge in [0.25, 0.3) is 0 Å². The van der Waals surface area contributed by atoms with Crippen LogP contribution in [0.3, 0.4) is 0 Å². The Morgan fingerprint density at radius 1 is 0.867 bits per heavy atom. The molecule has 0 heterocycles. The second kappa shape index (κ2) is 10.9. The first-order valence-corrected chi connectivity index (χ1v) is 8.86. The summed E-state index contributed by atoms with van der Waals surface area (Å²) in [6.07, 6.45) is 13.2. The van der Waals surface area contributed by atoms with Gasteiger partial charge in [0.2, 0.25) is 0 Å². The first-order chi connectivity index (χ1) is 7.24. The van der Waals surface area contributed by atoms with Gasteiger partial charge in [0.1, 0.15) is 0 Å². The van der Waals surface area contributed by atoms with Crippen molar-refractivity contribution in [3.63, 3.8) is 0 Å². The Balaban J connectivity index is 3.62. The molecule has 0 N–H and O–H groups in total. The quantitative estimate of drug-likeness (QED) is 0.343. The van der Waals surface area contributed by atoms with Crippen molar-refractivity contribution in [3.8, 4) is 0 Å². The Kier molecular flexibility index (Phi) is 11.2. The van der Waals surface area contributed by atoms with Crippen molar-refractivity contribution in [2.75, 3.05) is 18.5 Å². The van der Waals surface area contributed by atoms with Crippen molar-refractivity contribution < 1.29 is 0 Å². The van der Waals surface area contributed by atoms with Crippen LogP contribution < -0.4 is 0 Å². The highest BCUT2D eigenvalue weighted by Gasteiger charge is 2.08.